The molecule has 0 bridgehead atoms. The van der Waals surface area contributed by atoms with Crippen molar-refractivity contribution in [2.45, 2.75) is 18.6 Å². The van der Waals surface area contributed by atoms with E-state index in [2.05, 4.69) is 30.4 Å². The van der Waals surface area contributed by atoms with E-state index >= 15 is 0 Å². The predicted octanol–water partition coefficient (Wildman–Crippen LogP) is 2.70. The van der Waals surface area contributed by atoms with Gasteiger partial charge in [0.2, 0.25) is 0 Å². The molecule has 0 saturated heterocycles. The molecule has 1 N–H and O–H groups in total. The van der Waals surface area contributed by atoms with Crippen molar-refractivity contribution in [2.75, 3.05) is 18.1 Å². The number of hydrogen-bond donors (Lipinski definition) is 1. The van der Waals surface area contributed by atoms with Crippen molar-refractivity contribution in [2.24, 2.45) is 0 Å². The van der Waals surface area contributed by atoms with Crippen LogP contribution in [0.3, 0.4) is 0 Å². The minimum Gasteiger partial charge on any atom is -0.360 e. The zero-order valence-electron chi connectivity index (χ0n) is 7.63. The number of nitrogens with zero attached hydrogens (tertiary/aromatic N) is 1. The van der Waals surface area contributed by atoms with Crippen molar-refractivity contribution in [1.29, 1.82) is 0 Å². The van der Waals surface area contributed by atoms with Gasteiger partial charge in [-0.2, -0.15) is 11.8 Å². The Kier molecular flexibility index (Phi) is 3.40. The molecule has 1 rings (SSSR count). The summed E-state index contributed by atoms with van der Waals surface area (Å²) in [6.07, 6.45) is 3.95. The fraction of sp³-hybridized carbons (Fsp3) is 0.625. The molecule has 0 aliphatic heterocycles. The van der Waals surface area contributed by atoms with E-state index in [4.69, 9.17) is 0 Å². The molecule has 0 fully saturated rings. The maximum absolute atomic E-state index is 4.15. The lowest BCUT2D eigenvalue weighted by Gasteiger charge is -2.21. The number of thioether (sulfide) groups is 1. The maximum Gasteiger partial charge on any atom is 0.182 e. The van der Waals surface area contributed by atoms with Crippen molar-refractivity contribution in [3.63, 3.8) is 0 Å². The van der Waals surface area contributed by atoms with Crippen molar-refractivity contribution < 1.29 is 0 Å². The zero-order valence-corrected chi connectivity index (χ0v) is 9.26. The van der Waals surface area contributed by atoms with Gasteiger partial charge in [-0.15, -0.1) is 11.3 Å². The zero-order chi connectivity index (χ0) is 9.03. The summed E-state index contributed by atoms with van der Waals surface area (Å²) in [4.78, 5) is 4.15. The molecular weight excluding hydrogens is 188 g/mol. The highest BCUT2D eigenvalue weighted by molar-refractivity contribution is 7.99. The summed E-state index contributed by atoms with van der Waals surface area (Å²) in [7, 11) is 0. The van der Waals surface area contributed by atoms with E-state index < -0.39 is 0 Å². The van der Waals surface area contributed by atoms with Crippen LogP contribution >= 0.6 is 23.1 Å². The van der Waals surface area contributed by atoms with Crippen LogP contribution in [0.25, 0.3) is 0 Å². The topological polar surface area (TPSA) is 24.9 Å². The van der Waals surface area contributed by atoms with Gasteiger partial charge in [-0.05, 0) is 20.1 Å². The molecule has 0 aliphatic carbocycles. The van der Waals surface area contributed by atoms with Gasteiger partial charge in [0.05, 0.1) is 0 Å². The number of aromatic nitrogens is 1. The second kappa shape index (κ2) is 4.14. The van der Waals surface area contributed by atoms with Gasteiger partial charge >= 0.3 is 0 Å². The highest BCUT2D eigenvalue weighted by Crippen LogP contribution is 2.22. The molecule has 0 radical (unpaired) electrons. The van der Waals surface area contributed by atoms with Crippen LogP contribution < -0.4 is 5.32 Å². The average molecular weight is 202 g/mol. The van der Waals surface area contributed by atoms with Crippen LogP contribution in [0.1, 0.15) is 13.8 Å². The number of rotatable bonds is 4. The van der Waals surface area contributed by atoms with Crippen LogP contribution in [0.5, 0.6) is 0 Å². The number of thiazole rings is 1. The number of anilines is 1. The third-order valence-corrected chi connectivity index (χ3v) is 3.63. The second-order valence-electron chi connectivity index (χ2n) is 3.15. The van der Waals surface area contributed by atoms with Crippen LogP contribution in [0.2, 0.25) is 0 Å². The Hall–Kier alpha value is -0.220. The molecule has 0 amide bonds. The summed E-state index contributed by atoms with van der Waals surface area (Å²) in [6.45, 7) is 5.40. The van der Waals surface area contributed by atoms with E-state index in [1.807, 2.05) is 23.3 Å². The third-order valence-electron chi connectivity index (χ3n) is 1.65. The molecule has 0 unspecified atom stereocenters. The second-order valence-corrected chi connectivity index (χ2v) is 5.56. The molecule has 68 valence electrons. The van der Waals surface area contributed by atoms with E-state index in [-0.39, 0.29) is 4.75 Å². The fourth-order valence-electron chi connectivity index (χ4n) is 0.671. The maximum atomic E-state index is 4.15. The summed E-state index contributed by atoms with van der Waals surface area (Å²) in [6, 6.07) is 0. The molecule has 1 aromatic rings. The highest BCUT2D eigenvalue weighted by Gasteiger charge is 2.15. The van der Waals surface area contributed by atoms with Crippen LogP contribution in [0.15, 0.2) is 11.6 Å². The van der Waals surface area contributed by atoms with E-state index in [0.29, 0.717) is 0 Å². The first-order valence-electron chi connectivity index (χ1n) is 3.82. The summed E-state index contributed by atoms with van der Waals surface area (Å²) in [5.41, 5.74) is 0. The summed E-state index contributed by atoms with van der Waals surface area (Å²) in [5, 5.41) is 6.29. The molecular formula is C8H14N2S2. The largest absolute Gasteiger partial charge is 0.360 e. The Morgan fingerprint density at radius 2 is 2.42 bits per heavy atom. The van der Waals surface area contributed by atoms with Gasteiger partial charge in [-0.3, -0.25) is 0 Å². The lowest BCUT2D eigenvalue weighted by molar-refractivity contribution is 0.752. The standard InChI is InChI=1S/C8H14N2S2/c1-8(2,11-3)6-10-7-9-4-5-12-7/h4-5H,6H2,1-3H3,(H,9,10). The molecule has 2 nitrogen and oxygen atoms in total. The number of nitrogens with one attached hydrogen (secondary N) is 1. The Morgan fingerprint density at radius 3 is 2.92 bits per heavy atom. The highest BCUT2D eigenvalue weighted by atomic mass is 32.2. The van der Waals surface area contributed by atoms with E-state index in [1.54, 1.807) is 11.3 Å². The Balaban J connectivity index is 2.36. The van der Waals surface area contributed by atoms with Crippen molar-refractivity contribution >= 4 is 28.2 Å². The van der Waals surface area contributed by atoms with E-state index in [0.717, 1.165) is 11.7 Å². The molecule has 0 saturated carbocycles. The molecule has 1 heterocycles. The van der Waals surface area contributed by atoms with Gasteiger partial charge in [0.15, 0.2) is 5.13 Å². The van der Waals surface area contributed by atoms with Gasteiger partial charge in [0.1, 0.15) is 0 Å². The van der Waals surface area contributed by atoms with Gasteiger partial charge in [0, 0.05) is 22.9 Å². The lowest BCUT2D eigenvalue weighted by Crippen LogP contribution is -2.25. The fourth-order valence-corrected chi connectivity index (χ4v) is 1.42. The minimum atomic E-state index is 0.283. The quantitative estimate of drug-likeness (QED) is 0.812. The molecule has 12 heavy (non-hydrogen) atoms. The predicted molar refractivity (Wildman–Crippen MR) is 58.2 cm³/mol. The lowest BCUT2D eigenvalue weighted by atomic mass is 10.2. The molecule has 0 spiro atoms. The van der Waals surface area contributed by atoms with Crippen LogP contribution in [0.4, 0.5) is 5.13 Å². The van der Waals surface area contributed by atoms with Crippen LogP contribution in [-0.2, 0) is 0 Å². The molecule has 0 aliphatic rings. The Morgan fingerprint density at radius 1 is 1.67 bits per heavy atom. The first-order chi connectivity index (χ1) is 5.64. The summed E-state index contributed by atoms with van der Waals surface area (Å²) in [5.74, 6) is 0. The number of hydrogen-bond acceptors (Lipinski definition) is 4. The molecule has 1 aromatic heterocycles. The van der Waals surface area contributed by atoms with Crippen molar-refractivity contribution in [1.82, 2.24) is 4.98 Å². The smallest absolute Gasteiger partial charge is 0.182 e. The van der Waals surface area contributed by atoms with Crippen molar-refractivity contribution in [3.05, 3.63) is 11.6 Å². The monoisotopic (exact) mass is 202 g/mol. The molecule has 4 heteroatoms. The minimum absolute atomic E-state index is 0.283. The summed E-state index contributed by atoms with van der Waals surface area (Å²) < 4.78 is 0.283. The van der Waals surface area contributed by atoms with Crippen LogP contribution in [-0.4, -0.2) is 22.5 Å². The molecule has 0 aromatic carbocycles. The Labute approximate surface area is 81.8 Å². The van der Waals surface area contributed by atoms with E-state index in [9.17, 15) is 0 Å². The average Bonchev–Trinajstić information content (AvgIpc) is 2.53. The van der Waals surface area contributed by atoms with Gasteiger partial charge < -0.3 is 5.32 Å². The first kappa shape index (κ1) is 9.86. The van der Waals surface area contributed by atoms with Crippen LogP contribution in [0, 0.1) is 0 Å². The summed E-state index contributed by atoms with van der Waals surface area (Å²) >= 11 is 3.51. The van der Waals surface area contributed by atoms with Gasteiger partial charge in [-0.1, -0.05) is 0 Å². The van der Waals surface area contributed by atoms with E-state index in [1.165, 1.54) is 0 Å². The van der Waals surface area contributed by atoms with Gasteiger partial charge in [-0.25, -0.2) is 4.98 Å². The van der Waals surface area contributed by atoms with Gasteiger partial charge in [0.25, 0.3) is 0 Å². The first-order valence-corrected chi connectivity index (χ1v) is 5.93. The molecule has 0 atom stereocenters. The van der Waals surface area contributed by atoms with Crippen molar-refractivity contribution in [3.8, 4) is 0 Å². The Bertz CT molecular complexity index is 219. The normalized spacial score (nSPS) is 11.6. The SMILES string of the molecule is CSC(C)(C)CNc1nccs1. The third kappa shape index (κ3) is 3.03.